The zero-order valence-corrected chi connectivity index (χ0v) is 12.7. The van der Waals surface area contributed by atoms with Crippen molar-refractivity contribution in [1.82, 2.24) is 9.38 Å². The Bertz CT molecular complexity index is 579. The highest BCUT2D eigenvalue weighted by molar-refractivity contribution is 7.15. The van der Waals surface area contributed by atoms with Crippen LogP contribution in [-0.4, -0.2) is 21.7 Å². The monoisotopic (exact) mass is 291 g/mol. The maximum absolute atomic E-state index is 12.7. The summed E-state index contributed by atoms with van der Waals surface area (Å²) in [6.45, 7) is 2.73. The zero-order valence-electron chi connectivity index (χ0n) is 11.8. The van der Waals surface area contributed by atoms with Gasteiger partial charge in [-0.25, -0.2) is 4.98 Å². The highest BCUT2D eigenvalue weighted by atomic mass is 32.1. The lowest BCUT2D eigenvalue weighted by molar-refractivity contribution is -0.129. The molecule has 5 heteroatoms. The quantitative estimate of drug-likeness (QED) is 0.942. The number of nitrogens with zero attached hydrogens (tertiary/aromatic N) is 2. The Kier molecular flexibility index (Phi) is 3.65. The normalized spacial score (nSPS) is 27.0. The van der Waals surface area contributed by atoms with Crippen molar-refractivity contribution >= 4 is 22.1 Å². The molecule has 2 N–H and O–H groups in total. The minimum Gasteiger partial charge on any atom is -0.329 e. The number of thiazole rings is 1. The van der Waals surface area contributed by atoms with Crippen LogP contribution < -0.4 is 5.73 Å². The third kappa shape index (κ3) is 2.40. The van der Waals surface area contributed by atoms with Gasteiger partial charge in [-0.2, -0.15) is 0 Å². The van der Waals surface area contributed by atoms with Crippen LogP contribution in [0.5, 0.6) is 0 Å². The van der Waals surface area contributed by atoms with Crippen molar-refractivity contribution in [1.29, 1.82) is 0 Å². The van der Waals surface area contributed by atoms with Crippen molar-refractivity contribution in [3.8, 4) is 0 Å². The maximum Gasteiger partial charge on any atom is 0.193 e. The molecule has 0 aliphatic heterocycles. The van der Waals surface area contributed by atoms with Gasteiger partial charge in [0.1, 0.15) is 5.78 Å². The summed E-state index contributed by atoms with van der Waals surface area (Å²) >= 11 is 1.59. The summed E-state index contributed by atoms with van der Waals surface area (Å²) in [7, 11) is 0. The second kappa shape index (κ2) is 5.30. The maximum atomic E-state index is 12.7. The molecule has 0 radical (unpaired) electrons. The van der Waals surface area contributed by atoms with Gasteiger partial charge in [-0.1, -0.05) is 6.92 Å². The Hall–Kier alpha value is -1.20. The van der Waals surface area contributed by atoms with Crippen LogP contribution in [0.3, 0.4) is 0 Å². The molecule has 1 fully saturated rings. The number of rotatable bonds is 4. The highest BCUT2D eigenvalue weighted by Crippen LogP contribution is 2.39. The van der Waals surface area contributed by atoms with Crippen molar-refractivity contribution in [3.63, 3.8) is 0 Å². The van der Waals surface area contributed by atoms with Crippen molar-refractivity contribution in [2.75, 3.05) is 6.54 Å². The Balaban J connectivity index is 1.75. The molecule has 0 bridgehead atoms. The average molecular weight is 291 g/mol. The fourth-order valence-electron chi connectivity index (χ4n) is 3.12. The minimum absolute atomic E-state index is 0.276. The lowest BCUT2D eigenvalue weighted by Gasteiger charge is -2.37. The second-order valence-corrected chi connectivity index (χ2v) is 6.97. The molecule has 1 saturated carbocycles. The molecule has 4 nitrogen and oxygen atoms in total. The Labute approximate surface area is 123 Å². The number of carbonyl (C=O) groups excluding carboxylic acids is 1. The molecule has 0 amide bonds. The summed E-state index contributed by atoms with van der Waals surface area (Å²) in [6, 6.07) is 0. The van der Waals surface area contributed by atoms with Gasteiger partial charge in [-0.05, 0) is 31.6 Å². The van der Waals surface area contributed by atoms with E-state index in [4.69, 9.17) is 5.73 Å². The molecule has 20 heavy (non-hydrogen) atoms. The number of hydrogen-bond acceptors (Lipinski definition) is 4. The summed E-state index contributed by atoms with van der Waals surface area (Å²) in [5.41, 5.74) is 6.52. The van der Waals surface area contributed by atoms with E-state index in [0.717, 1.165) is 42.3 Å². The molecular weight excluding hydrogens is 270 g/mol. The lowest BCUT2D eigenvalue weighted by Crippen LogP contribution is -2.42. The molecule has 0 saturated heterocycles. The summed E-state index contributed by atoms with van der Waals surface area (Å²) in [4.78, 5) is 18.2. The van der Waals surface area contributed by atoms with Crippen molar-refractivity contribution in [2.24, 2.45) is 17.1 Å². The van der Waals surface area contributed by atoms with Gasteiger partial charge < -0.3 is 5.73 Å². The number of hydrogen-bond donors (Lipinski definition) is 1. The average Bonchev–Trinajstić information content (AvgIpc) is 3.01. The largest absolute Gasteiger partial charge is 0.329 e. The third-order valence-corrected chi connectivity index (χ3v) is 5.47. The van der Waals surface area contributed by atoms with Crippen LogP contribution in [0.25, 0.3) is 4.96 Å². The van der Waals surface area contributed by atoms with E-state index in [-0.39, 0.29) is 11.2 Å². The number of carbonyl (C=O) groups is 1. The molecule has 0 atom stereocenters. The molecule has 2 aromatic heterocycles. The standard InChI is InChI=1S/C15H21N3OS/c1-11-2-4-15(10-16,5-3-11)13(19)8-12-9-18-6-7-20-14(18)17-12/h6-7,9,11H,2-5,8,10,16H2,1H3. The van der Waals surface area contributed by atoms with E-state index in [1.165, 1.54) is 0 Å². The number of nitrogens with two attached hydrogens (primary N) is 1. The number of Topliss-reactive ketones (excluding diaryl/α,β-unsaturated/α-hetero) is 1. The summed E-state index contributed by atoms with van der Waals surface area (Å²) in [6.07, 6.45) is 8.45. The summed E-state index contributed by atoms with van der Waals surface area (Å²) < 4.78 is 1.98. The van der Waals surface area contributed by atoms with Gasteiger partial charge in [0.05, 0.1) is 12.1 Å². The van der Waals surface area contributed by atoms with Gasteiger partial charge in [0.2, 0.25) is 0 Å². The lowest BCUT2D eigenvalue weighted by atomic mass is 9.67. The molecule has 1 aliphatic rings. The van der Waals surface area contributed by atoms with Crippen LogP contribution in [0.2, 0.25) is 0 Å². The molecule has 108 valence electrons. The molecular formula is C15H21N3OS. The predicted molar refractivity (Wildman–Crippen MR) is 80.9 cm³/mol. The van der Waals surface area contributed by atoms with Gasteiger partial charge in [0.25, 0.3) is 0 Å². The highest BCUT2D eigenvalue weighted by Gasteiger charge is 2.39. The second-order valence-electron chi connectivity index (χ2n) is 6.09. The van der Waals surface area contributed by atoms with E-state index in [9.17, 15) is 4.79 Å². The van der Waals surface area contributed by atoms with Gasteiger partial charge in [0.15, 0.2) is 4.96 Å². The summed E-state index contributed by atoms with van der Waals surface area (Å²) in [5, 5.41) is 2.00. The van der Waals surface area contributed by atoms with E-state index in [1.807, 2.05) is 22.2 Å². The smallest absolute Gasteiger partial charge is 0.193 e. The van der Waals surface area contributed by atoms with Crippen LogP contribution in [0, 0.1) is 11.3 Å². The zero-order chi connectivity index (χ0) is 14.2. The van der Waals surface area contributed by atoms with Crippen LogP contribution in [0.4, 0.5) is 0 Å². The van der Waals surface area contributed by atoms with Crippen LogP contribution in [0.1, 0.15) is 38.3 Å². The van der Waals surface area contributed by atoms with Gasteiger partial charge >= 0.3 is 0 Å². The molecule has 2 aromatic rings. The molecule has 1 aliphatic carbocycles. The third-order valence-electron chi connectivity index (χ3n) is 4.70. The van der Waals surface area contributed by atoms with Gasteiger partial charge in [0, 0.05) is 29.7 Å². The Morgan fingerprint density at radius 2 is 2.30 bits per heavy atom. The van der Waals surface area contributed by atoms with Crippen molar-refractivity contribution in [3.05, 3.63) is 23.5 Å². The molecule has 3 rings (SSSR count). The molecule has 0 aromatic carbocycles. The number of imidazole rings is 1. The first kappa shape index (κ1) is 13.8. The van der Waals surface area contributed by atoms with Crippen molar-refractivity contribution < 1.29 is 4.79 Å². The number of aromatic nitrogens is 2. The molecule has 2 heterocycles. The first-order valence-electron chi connectivity index (χ1n) is 7.27. The van der Waals surface area contributed by atoms with Crippen LogP contribution >= 0.6 is 11.3 Å². The van der Waals surface area contributed by atoms with E-state index >= 15 is 0 Å². The number of ketones is 1. The van der Waals surface area contributed by atoms with Crippen molar-refractivity contribution in [2.45, 2.75) is 39.0 Å². The fraction of sp³-hybridized carbons (Fsp3) is 0.600. The fourth-order valence-corrected chi connectivity index (χ4v) is 3.84. The van der Waals surface area contributed by atoms with E-state index in [1.54, 1.807) is 11.3 Å². The molecule has 0 unspecified atom stereocenters. The first-order valence-corrected chi connectivity index (χ1v) is 8.15. The van der Waals surface area contributed by atoms with Crippen LogP contribution in [-0.2, 0) is 11.2 Å². The van der Waals surface area contributed by atoms with E-state index < -0.39 is 0 Å². The minimum atomic E-state index is -0.302. The van der Waals surface area contributed by atoms with E-state index in [0.29, 0.717) is 13.0 Å². The Morgan fingerprint density at radius 1 is 1.55 bits per heavy atom. The SMILES string of the molecule is CC1CCC(CN)(C(=O)Cc2cn3ccsc3n2)CC1. The topological polar surface area (TPSA) is 60.4 Å². The number of fused-ring (bicyclic) bond motifs is 1. The van der Waals surface area contributed by atoms with Crippen LogP contribution in [0.15, 0.2) is 17.8 Å². The summed E-state index contributed by atoms with van der Waals surface area (Å²) in [5.74, 6) is 0.998. The van der Waals surface area contributed by atoms with Gasteiger partial charge in [-0.15, -0.1) is 11.3 Å². The predicted octanol–water partition coefficient (Wildman–Crippen LogP) is 2.66. The van der Waals surface area contributed by atoms with Gasteiger partial charge in [-0.3, -0.25) is 9.20 Å². The Morgan fingerprint density at radius 3 is 2.95 bits per heavy atom. The van der Waals surface area contributed by atoms with E-state index in [2.05, 4.69) is 11.9 Å². The molecule has 0 spiro atoms. The first-order chi connectivity index (χ1) is 9.63.